The molecule has 0 atom stereocenters. The third-order valence-electron chi connectivity index (χ3n) is 6.36. The van der Waals surface area contributed by atoms with E-state index < -0.39 is 5.60 Å². The number of rotatable bonds is 7. The lowest BCUT2D eigenvalue weighted by Crippen LogP contribution is -2.41. The van der Waals surface area contributed by atoms with E-state index in [1.165, 1.54) is 0 Å². The van der Waals surface area contributed by atoms with Crippen LogP contribution < -0.4 is 10.5 Å². The van der Waals surface area contributed by atoms with E-state index in [0.29, 0.717) is 48.2 Å². The topological polar surface area (TPSA) is 111 Å². The van der Waals surface area contributed by atoms with Crippen LogP contribution in [0.1, 0.15) is 56.9 Å². The first-order valence-electron chi connectivity index (χ1n) is 12.2. The predicted octanol–water partition coefficient (Wildman–Crippen LogP) is 5.06. The maximum absolute atomic E-state index is 12.3. The zero-order valence-electron chi connectivity index (χ0n) is 20.8. The predicted molar refractivity (Wildman–Crippen MR) is 134 cm³/mol. The number of fused-ring (bicyclic) bond motifs is 1. The van der Waals surface area contributed by atoms with E-state index in [1.54, 1.807) is 4.90 Å². The first-order chi connectivity index (χ1) is 16.7. The highest BCUT2D eigenvalue weighted by Gasteiger charge is 2.27. The Morgan fingerprint density at radius 1 is 1.17 bits per heavy atom. The molecule has 0 radical (unpaired) electrons. The van der Waals surface area contributed by atoms with Crippen molar-refractivity contribution in [3.05, 3.63) is 53.2 Å². The van der Waals surface area contributed by atoms with Crippen molar-refractivity contribution in [2.45, 2.75) is 65.3 Å². The Bertz CT molecular complexity index is 1140. The monoisotopic (exact) mass is 481 g/mol. The fourth-order valence-corrected chi connectivity index (χ4v) is 4.40. The zero-order chi connectivity index (χ0) is 25.0. The molecule has 0 spiro atoms. The Labute approximate surface area is 206 Å². The summed E-state index contributed by atoms with van der Waals surface area (Å²) >= 11 is 0. The van der Waals surface area contributed by atoms with E-state index in [4.69, 9.17) is 19.7 Å². The summed E-state index contributed by atoms with van der Waals surface area (Å²) in [6.45, 7) is 7.24. The molecule has 2 aromatic carbocycles. The van der Waals surface area contributed by atoms with Crippen LogP contribution in [0.3, 0.4) is 0 Å². The van der Waals surface area contributed by atoms with E-state index in [1.807, 2.05) is 57.2 Å². The minimum atomic E-state index is -0.476. The highest BCUT2D eigenvalue weighted by Crippen LogP contribution is 2.32. The zero-order valence-corrected chi connectivity index (χ0v) is 20.8. The Kier molecular flexibility index (Phi) is 7.50. The maximum Gasteiger partial charge on any atom is 0.410 e. The number of aliphatic hydroxyl groups excluding tert-OH is 1. The number of piperidine rings is 1. The van der Waals surface area contributed by atoms with Gasteiger partial charge in [0.25, 0.3) is 0 Å². The number of aromatic nitrogens is 1. The number of amides is 1. The molecule has 8 nitrogen and oxygen atoms in total. The Morgan fingerprint density at radius 2 is 1.89 bits per heavy atom. The lowest BCUT2D eigenvalue weighted by Gasteiger charge is -2.33. The van der Waals surface area contributed by atoms with E-state index in [0.717, 1.165) is 42.3 Å². The molecule has 188 valence electrons. The Morgan fingerprint density at radius 3 is 2.54 bits per heavy atom. The average Bonchev–Trinajstić information content (AvgIpc) is 3.24. The molecular weight excluding hydrogens is 446 g/mol. The first kappa shape index (κ1) is 24.9. The number of ether oxygens (including phenoxy) is 2. The van der Waals surface area contributed by atoms with Gasteiger partial charge in [-0.3, -0.25) is 0 Å². The summed E-state index contributed by atoms with van der Waals surface area (Å²) in [5, 5.41) is 15.2. The molecule has 3 aromatic rings. The largest absolute Gasteiger partial charge is 0.488 e. The summed E-state index contributed by atoms with van der Waals surface area (Å²) in [5.41, 5.74) is 9.00. The van der Waals surface area contributed by atoms with Gasteiger partial charge in [0.1, 0.15) is 18.0 Å². The van der Waals surface area contributed by atoms with Gasteiger partial charge in [0.05, 0.1) is 17.9 Å². The smallest absolute Gasteiger partial charge is 0.410 e. The standard InChI is InChI=1S/C27H35N3O5/c1-27(2,3)34-26(32)30-14-12-18(13-15-30)6-10-23-21-9-11-24(22(16-31)25(21)35-29-23)33-17-19-4-7-20(28)8-5-19/h4-5,7-9,11,18,31H,6,10,12-17,28H2,1-3H3. The lowest BCUT2D eigenvalue weighted by molar-refractivity contribution is 0.0181. The highest BCUT2D eigenvalue weighted by atomic mass is 16.6. The third kappa shape index (κ3) is 6.25. The molecule has 1 aromatic heterocycles. The summed E-state index contributed by atoms with van der Waals surface area (Å²) in [6, 6.07) is 11.3. The van der Waals surface area contributed by atoms with Gasteiger partial charge in [-0.15, -0.1) is 0 Å². The maximum atomic E-state index is 12.3. The van der Waals surface area contributed by atoms with Gasteiger partial charge >= 0.3 is 6.09 Å². The van der Waals surface area contributed by atoms with E-state index >= 15 is 0 Å². The van der Waals surface area contributed by atoms with Crippen molar-refractivity contribution in [2.24, 2.45) is 5.92 Å². The summed E-state index contributed by atoms with van der Waals surface area (Å²) in [7, 11) is 0. The van der Waals surface area contributed by atoms with Crippen LogP contribution in [0.25, 0.3) is 11.0 Å². The molecule has 0 saturated carbocycles. The van der Waals surface area contributed by atoms with Gasteiger partial charge in [0.2, 0.25) is 0 Å². The number of carbonyl (C=O) groups excluding carboxylic acids is 1. The van der Waals surface area contributed by atoms with Gasteiger partial charge in [0, 0.05) is 24.2 Å². The van der Waals surface area contributed by atoms with Crippen LogP contribution in [-0.4, -0.2) is 39.9 Å². The molecule has 1 aliphatic rings. The van der Waals surface area contributed by atoms with Crippen molar-refractivity contribution in [3.8, 4) is 5.75 Å². The quantitative estimate of drug-likeness (QED) is 0.454. The summed E-state index contributed by atoms with van der Waals surface area (Å²) < 4.78 is 17.1. The van der Waals surface area contributed by atoms with Gasteiger partial charge in [-0.05, 0) is 82.2 Å². The number of carbonyl (C=O) groups is 1. The second kappa shape index (κ2) is 10.6. The molecule has 8 heteroatoms. The highest BCUT2D eigenvalue weighted by molar-refractivity contribution is 5.84. The minimum absolute atomic E-state index is 0.202. The van der Waals surface area contributed by atoms with E-state index in [2.05, 4.69) is 5.16 Å². The van der Waals surface area contributed by atoms with Gasteiger partial charge in [0.15, 0.2) is 5.58 Å². The van der Waals surface area contributed by atoms with Crippen LogP contribution in [0.2, 0.25) is 0 Å². The molecule has 3 N–H and O–H groups in total. The number of nitrogens with zero attached hydrogens (tertiary/aromatic N) is 2. The van der Waals surface area contributed by atoms with Crippen molar-refractivity contribution >= 4 is 22.7 Å². The van der Waals surface area contributed by atoms with Gasteiger partial charge in [-0.2, -0.15) is 0 Å². The molecule has 1 fully saturated rings. The number of aryl methyl sites for hydroxylation is 1. The number of nitrogens with two attached hydrogens (primary N) is 1. The van der Waals surface area contributed by atoms with Crippen molar-refractivity contribution in [1.29, 1.82) is 0 Å². The van der Waals surface area contributed by atoms with Gasteiger partial charge < -0.3 is 29.7 Å². The second-order valence-corrected chi connectivity index (χ2v) is 10.2. The molecule has 0 unspecified atom stereocenters. The number of hydrogen-bond acceptors (Lipinski definition) is 7. The molecule has 1 amide bonds. The van der Waals surface area contributed by atoms with Crippen LogP contribution in [0.5, 0.6) is 5.75 Å². The van der Waals surface area contributed by atoms with E-state index in [-0.39, 0.29) is 12.7 Å². The summed E-state index contributed by atoms with van der Waals surface area (Å²) in [6.07, 6.45) is 3.40. The number of aliphatic hydroxyl groups is 1. The van der Waals surface area contributed by atoms with Gasteiger partial charge in [-0.25, -0.2) is 4.79 Å². The van der Waals surface area contributed by atoms with Crippen LogP contribution in [0.4, 0.5) is 10.5 Å². The van der Waals surface area contributed by atoms with Crippen molar-refractivity contribution in [1.82, 2.24) is 10.1 Å². The fourth-order valence-electron chi connectivity index (χ4n) is 4.40. The van der Waals surface area contributed by atoms with Crippen LogP contribution in [-0.2, 0) is 24.4 Å². The molecular formula is C27H35N3O5. The summed E-state index contributed by atoms with van der Waals surface area (Å²) in [5.74, 6) is 1.09. The van der Waals surface area contributed by atoms with Crippen LogP contribution in [0, 0.1) is 5.92 Å². The second-order valence-electron chi connectivity index (χ2n) is 10.2. The molecule has 35 heavy (non-hydrogen) atoms. The number of benzene rings is 2. The van der Waals surface area contributed by atoms with Crippen molar-refractivity contribution in [3.63, 3.8) is 0 Å². The van der Waals surface area contributed by atoms with Crippen molar-refractivity contribution in [2.75, 3.05) is 18.8 Å². The molecule has 4 rings (SSSR count). The number of nitrogen functional groups attached to an aromatic ring is 1. The number of hydrogen-bond donors (Lipinski definition) is 2. The fraction of sp³-hybridized carbons (Fsp3) is 0.481. The molecule has 1 aliphatic heterocycles. The first-order valence-corrected chi connectivity index (χ1v) is 12.2. The van der Waals surface area contributed by atoms with Crippen LogP contribution in [0.15, 0.2) is 40.9 Å². The summed E-state index contributed by atoms with van der Waals surface area (Å²) in [4.78, 5) is 14.1. The number of likely N-dealkylation sites (tertiary alicyclic amines) is 1. The minimum Gasteiger partial charge on any atom is -0.488 e. The molecule has 2 heterocycles. The molecule has 0 aliphatic carbocycles. The van der Waals surface area contributed by atoms with Crippen molar-refractivity contribution < 1.29 is 23.9 Å². The molecule has 0 bridgehead atoms. The Balaban J connectivity index is 1.35. The van der Waals surface area contributed by atoms with Gasteiger partial charge in [-0.1, -0.05) is 17.3 Å². The number of anilines is 1. The lowest BCUT2D eigenvalue weighted by atomic mass is 9.91. The van der Waals surface area contributed by atoms with Crippen LogP contribution >= 0.6 is 0 Å². The third-order valence-corrected chi connectivity index (χ3v) is 6.36. The molecule has 1 saturated heterocycles. The van der Waals surface area contributed by atoms with E-state index in [9.17, 15) is 9.90 Å². The average molecular weight is 482 g/mol. The SMILES string of the molecule is CC(C)(C)OC(=O)N1CCC(CCc2noc3c(CO)c(OCc4ccc(N)cc4)ccc23)CC1. The Hall–Kier alpha value is -3.26. The normalized spacial score (nSPS) is 14.9.